The zero-order chi connectivity index (χ0) is 11.6. The highest BCUT2D eigenvalue weighted by molar-refractivity contribution is 5.80. The summed E-state index contributed by atoms with van der Waals surface area (Å²) >= 11 is 0. The summed E-state index contributed by atoms with van der Waals surface area (Å²) in [6.07, 6.45) is 7.60. The molecule has 1 aliphatic rings. The lowest BCUT2D eigenvalue weighted by Crippen LogP contribution is -2.42. The summed E-state index contributed by atoms with van der Waals surface area (Å²) in [7, 11) is 1.72. The van der Waals surface area contributed by atoms with Crippen LogP contribution in [0.25, 0.3) is 0 Å². The molecule has 0 bridgehead atoms. The molecule has 0 unspecified atom stereocenters. The first-order valence-corrected chi connectivity index (χ1v) is 6.05. The Morgan fingerprint density at radius 1 is 1.44 bits per heavy atom. The van der Waals surface area contributed by atoms with Gasteiger partial charge in [-0.2, -0.15) is 0 Å². The molecule has 0 spiro atoms. The number of aliphatic imine (C=N–C) groups is 1. The van der Waals surface area contributed by atoms with Crippen LogP contribution < -0.4 is 10.6 Å². The van der Waals surface area contributed by atoms with Crippen LogP contribution in [0.2, 0.25) is 0 Å². The topological polar surface area (TPSA) is 45.7 Å². The van der Waals surface area contributed by atoms with E-state index in [0.717, 1.165) is 44.9 Å². The molecule has 0 saturated carbocycles. The highest BCUT2D eigenvalue weighted by Crippen LogP contribution is 2.08. The third kappa shape index (κ3) is 5.16. The third-order valence-electron chi connectivity index (χ3n) is 2.47. The van der Waals surface area contributed by atoms with E-state index in [9.17, 15) is 0 Å². The average Bonchev–Trinajstić information content (AvgIpc) is 2.77. The van der Waals surface area contributed by atoms with E-state index in [0.29, 0.717) is 6.04 Å². The van der Waals surface area contributed by atoms with E-state index in [2.05, 4.69) is 34.7 Å². The van der Waals surface area contributed by atoms with Crippen LogP contribution in [0.15, 0.2) is 17.1 Å². The van der Waals surface area contributed by atoms with Crippen molar-refractivity contribution in [1.29, 1.82) is 0 Å². The predicted molar refractivity (Wildman–Crippen MR) is 67.8 cm³/mol. The third-order valence-corrected chi connectivity index (χ3v) is 2.47. The molecule has 92 valence electrons. The van der Waals surface area contributed by atoms with Crippen LogP contribution in [0.4, 0.5) is 0 Å². The monoisotopic (exact) mass is 225 g/mol. The van der Waals surface area contributed by atoms with Crippen LogP contribution in [0, 0.1) is 0 Å². The van der Waals surface area contributed by atoms with Crippen molar-refractivity contribution in [2.45, 2.75) is 32.2 Å². The molecule has 1 aliphatic carbocycles. The van der Waals surface area contributed by atoms with Gasteiger partial charge < -0.3 is 15.4 Å². The molecule has 1 rings (SSSR count). The SMILES string of the molecule is CCNC(=NCCCOC)NC1CC=CC1. The molecule has 0 heterocycles. The Labute approximate surface area is 98.2 Å². The van der Waals surface area contributed by atoms with Gasteiger partial charge in [0.2, 0.25) is 0 Å². The van der Waals surface area contributed by atoms with Gasteiger partial charge in [0.05, 0.1) is 0 Å². The van der Waals surface area contributed by atoms with Gasteiger partial charge in [-0.15, -0.1) is 0 Å². The molecular formula is C12H23N3O. The van der Waals surface area contributed by atoms with Gasteiger partial charge in [-0.25, -0.2) is 0 Å². The summed E-state index contributed by atoms with van der Waals surface area (Å²) in [5.41, 5.74) is 0. The molecule has 0 aromatic carbocycles. The number of nitrogens with zero attached hydrogens (tertiary/aromatic N) is 1. The van der Waals surface area contributed by atoms with Crippen LogP contribution in [-0.2, 0) is 4.74 Å². The van der Waals surface area contributed by atoms with Crippen LogP contribution >= 0.6 is 0 Å². The van der Waals surface area contributed by atoms with Crippen molar-refractivity contribution in [3.05, 3.63) is 12.2 Å². The van der Waals surface area contributed by atoms with E-state index < -0.39 is 0 Å². The van der Waals surface area contributed by atoms with Crippen molar-refractivity contribution < 1.29 is 4.74 Å². The van der Waals surface area contributed by atoms with Gasteiger partial charge >= 0.3 is 0 Å². The smallest absolute Gasteiger partial charge is 0.191 e. The Morgan fingerprint density at radius 3 is 2.81 bits per heavy atom. The van der Waals surface area contributed by atoms with Crippen molar-refractivity contribution in [3.63, 3.8) is 0 Å². The lowest BCUT2D eigenvalue weighted by atomic mass is 10.2. The van der Waals surface area contributed by atoms with E-state index in [-0.39, 0.29) is 0 Å². The Kier molecular flexibility index (Phi) is 6.65. The van der Waals surface area contributed by atoms with Crippen molar-refractivity contribution in [2.24, 2.45) is 4.99 Å². The largest absolute Gasteiger partial charge is 0.385 e. The maximum Gasteiger partial charge on any atom is 0.191 e. The minimum atomic E-state index is 0.514. The van der Waals surface area contributed by atoms with Crippen LogP contribution in [0.3, 0.4) is 0 Å². The van der Waals surface area contributed by atoms with Gasteiger partial charge in [0.25, 0.3) is 0 Å². The molecule has 0 aliphatic heterocycles. The minimum Gasteiger partial charge on any atom is -0.385 e. The quantitative estimate of drug-likeness (QED) is 0.310. The fourth-order valence-corrected chi connectivity index (χ4v) is 1.65. The predicted octanol–water partition coefficient (Wildman–Crippen LogP) is 1.30. The van der Waals surface area contributed by atoms with E-state index in [1.54, 1.807) is 7.11 Å². The molecule has 0 amide bonds. The summed E-state index contributed by atoms with van der Waals surface area (Å²) in [5.74, 6) is 0.923. The number of rotatable bonds is 6. The zero-order valence-corrected chi connectivity index (χ0v) is 10.3. The van der Waals surface area contributed by atoms with Gasteiger partial charge in [-0.3, -0.25) is 4.99 Å². The van der Waals surface area contributed by atoms with Crippen LogP contribution in [0.1, 0.15) is 26.2 Å². The van der Waals surface area contributed by atoms with E-state index in [1.807, 2.05) is 0 Å². The van der Waals surface area contributed by atoms with Crippen LogP contribution in [-0.4, -0.2) is 38.8 Å². The van der Waals surface area contributed by atoms with E-state index >= 15 is 0 Å². The van der Waals surface area contributed by atoms with E-state index in [1.165, 1.54) is 0 Å². The second-order valence-electron chi connectivity index (χ2n) is 3.89. The molecule has 4 heteroatoms. The zero-order valence-electron chi connectivity index (χ0n) is 10.3. The Morgan fingerprint density at radius 2 is 2.19 bits per heavy atom. The maximum absolute atomic E-state index is 5.00. The summed E-state index contributed by atoms with van der Waals surface area (Å²) < 4.78 is 5.00. The molecular weight excluding hydrogens is 202 g/mol. The molecule has 0 atom stereocenters. The molecule has 0 fully saturated rings. The summed E-state index contributed by atoms with van der Waals surface area (Å²) in [6.45, 7) is 4.56. The first-order valence-electron chi connectivity index (χ1n) is 6.05. The molecule has 2 N–H and O–H groups in total. The highest BCUT2D eigenvalue weighted by Gasteiger charge is 2.10. The molecule has 0 saturated heterocycles. The number of guanidine groups is 1. The van der Waals surface area contributed by atoms with Gasteiger partial charge in [-0.1, -0.05) is 12.2 Å². The number of hydrogen-bond donors (Lipinski definition) is 2. The first-order chi connectivity index (χ1) is 7.86. The van der Waals surface area contributed by atoms with Gasteiger partial charge in [0, 0.05) is 32.8 Å². The number of hydrogen-bond acceptors (Lipinski definition) is 2. The molecule has 16 heavy (non-hydrogen) atoms. The molecule has 4 nitrogen and oxygen atoms in total. The molecule has 0 radical (unpaired) electrons. The van der Waals surface area contributed by atoms with Crippen LogP contribution in [0.5, 0.6) is 0 Å². The summed E-state index contributed by atoms with van der Waals surface area (Å²) in [6, 6.07) is 0.514. The average molecular weight is 225 g/mol. The second-order valence-corrected chi connectivity index (χ2v) is 3.89. The molecule has 0 aromatic heterocycles. The Hall–Kier alpha value is -1.03. The van der Waals surface area contributed by atoms with E-state index in [4.69, 9.17) is 4.74 Å². The number of nitrogens with one attached hydrogen (secondary N) is 2. The maximum atomic E-state index is 5.00. The fraction of sp³-hybridized carbons (Fsp3) is 0.750. The molecule has 0 aromatic rings. The van der Waals surface area contributed by atoms with Gasteiger partial charge in [-0.05, 0) is 26.2 Å². The second kappa shape index (κ2) is 8.16. The lowest BCUT2D eigenvalue weighted by molar-refractivity contribution is 0.197. The normalized spacial score (nSPS) is 16.8. The van der Waals surface area contributed by atoms with Crippen molar-refractivity contribution >= 4 is 5.96 Å². The summed E-state index contributed by atoms with van der Waals surface area (Å²) in [5, 5.41) is 6.69. The number of ether oxygens (including phenoxy) is 1. The van der Waals surface area contributed by atoms with Crippen molar-refractivity contribution in [2.75, 3.05) is 26.8 Å². The lowest BCUT2D eigenvalue weighted by Gasteiger charge is -2.16. The van der Waals surface area contributed by atoms with Crippen molar-refractivity contribution in [3.8, 4) is 0 Å². The van der Waals surface area contributed by atoms with Gasteiger partial charge in [0.15, 0.2) is 5.96 Å². The first kappa shape index (κ1) is 13.0. The fourth-order valence-electron chi connectivity index (χ4n) is 1.65. The highest BCUT2D eigenvalue weighted by atomic mass is 16.5. The Bertz CT molecular complexity index is 230. The van der Waals surface area contributed by atoms with Gasteiger partial charge in [0.1, 0.15) is 0 Å². The minimum absolute atomic E-state index is 0.514. The summed E-state index contributed by atoms with van der Waals surface area (Å²) in [4.78, 5) is 4.50. The van der Waals surface area contributed by atoms with Crippen molar-refractivity contribution in [1.82, 2.24) is 10.6 Å². The Balaban J connectivity index is 2.27. The number of methoxy groups -OCH3 is 1. The standard InChI is InChI=1S/C12H23N3O/c1-3-13-12(14-9-6-10-16-2)15-11-7-4-5-8-11/h4-5,11H,3,6-10H2,1-2H3,(H2,13,14,15).